The third-order valence-electron chi connectivity index (χ3n) is 3.13. The Morgan fingerprint density at radius 1 is 1.21 bits per heavy atom. The Labute approximate surface area is 121 Å². The summed E-state index contributed by atoms with van der Waals surface area (Å²) in [5.74, 6) is 0. The van der Waals surface area contributed by atoms with Crippen LogP contribution in [0.25, 0.3) is 10.9 Å². The molecule has 0 aliphatic rings. The van der Waals surface area contributed by atoms with Crippen molar-refractivity contribution in [2.24, 2.45) is 0 Å². The number of halogens is 1. The second-order valence-electron chi connectivity index (χ2n) is 4.32. The molecule has 0 fully saturated rings. The molecular formula is C15H13ClN2S. The molecule has 0 saturated heterocycles. The zero-order valence-corrected chi connectivity index (χ0v) is 12.0. The maximum Gasteiger partial charge on any atom is 0.0931 e. The highest BCUT2D eigenvalue weighted by atomic mass is 35.5. The standard InChI is InChI=1S/C15H13ClN2S/c1-17-15(13-6-7-14(16)19-13)11-5-4-10-3-2-8-18-12(10)9-11/h2-9,15,17H,1H3. The number of hydrogen-bond acceptors (Lipinski definition) is 3. The van der Waals surface area contributed by atoms with E-state index in [1.165, 1.54) is 10.4 Å². The average molecular weight is 289 g/mol. The van der Waals surface area contributed by atoms with Crippen LogP contribution in [0.2, 0.25) is 4.34 Å². The van der Waals surface area contributed by atoms with Crippen molar-refractivity contribution in [1.82, 2.24) is 10.3 Å². The number of nitrogens with zero attached hydrogens (tertiary/aromatic N) is 1. The normalized spacial score (nSPS) is 12.7. The van der Waals surface area contributed by atoms with Gasteiger partial charge in [0.15, 0.2) is 0 Å². The summed E-state index contributed by atoms with van der Waals surface area (Å²) in [5, 5.41) is 4.49. The van der Waals surface area contributed by atoms with Crippen LogP contribution in [-0.2, 0) is 0 Å². The Bertz CT molecular complexity index is 708. The smallest absolute Gasteiger partial charge is 0.0931 e. The van der Waals surface area contributed by atoms with Crippen molar-refractivity contribution in [3.8, 4) is 0 Å². The average Bonchev–Trinajstić information content (AvgIpc) is 2.86. The third-order valence-corrected chi connectivity index (χ3v) is 4.43. The van der Waals surface area contributed by atoms with Crippen LogP contribution in [-0.4, -0.2) is 12.0 Å². The van der Waals surface area contributed by atoms with Gasteiger partial charge in [0.25, 0.3) is 0 Å². The molecule has 0 saturated carbocycles. The Morgan fingerprint density at radius 3 is 2.84 bits per heavy atom. The molecule has 4 heteroatoms. The fourth-order valence-electron chi connectivity index (χ4n) is 2.22. The molecule has 3 rings (SSSR count). The van der Waals surface area contributed by atoms with E-state index in [0.29, 0.717) is 0 Å². The van der Waals surface area contributed by atoms with Gasteiger partial charge in [-0.25, -0.2) is 0 Å². The molecule has 2 aromatic heterocycles. The maximum absolute atomic E-state index is 6.02. The van der Waals surface area contributed by atoms with Crippen molar-refractivity contribution in [2.75, 3.05) is 7.05 Å². The molecule has 2 nitrogen and oxygen atoms in total. The zero-order chi connectivity index (χ0) is 13.2. The van der Waals surface area contributed by atoms with E-state index >= 15 is 0 Å². The number of fused-ring (bicyclic) bond motifs is 1. The van der Waals surface area contributed by atoms with Crippen molar-refractivity contribution in [3.05, 3.63) is 63.4 Å². The predicted octanol–water partition coefficient (Wildman–Crippen LogP) is 4.26. The van der Waals surface area contributed by atoms with Crippen molar-refractivity contribution >= 4 is 33.8 Å². The molecule has 0 aliphatic heterocycles. The highest BCUT2D eigenvalue weighted by Gasteiger charge is 2.14. The van der Waals surface area contributed by atoms with Crippen LogP contribution in [0.4, 0.5) is 0 Å². The molecule has 1 aromatic carbocycles. The van der Waals surface area contributed by atoms with Crippen LogP contribution in [0.3, 0.4) is 0 Å². The van der Waals surface area contributed by atoms with Crippen LogP contribution in [0.15, 0.2) is 48.7 Å². The summed E-state index contributed by atoms with van der Waals surface area (Å²) in [6.45, 7) is 0. The summed E-state index contributed by atoms with van der Waals surface area (Å²) in [6, 6.07) is 14.6. The van der Waals surface area contributed by atoms with Gasteiger partial charge in [-0.1, -0.05) is 29.8 Å². The highest BCUT2D eigenvalue weighted by Crippen LogP contribution is 2.31. The first-order chi connectivity index (χ1) is 9.28. The molecular weight excluding hydrogens is 276 g/mol. The fraction of sp³-hybridized carbons (Fsp3) is 0.133. The SMILES string of the molecule is CNC(c1ccc2cccnc2c1)c1ccc(Cl)s1. The Kier molecular flexibility index (Phi) is 3.51. The summed E-state index contributed by atoms with van der Waals surface area (Å²) in [4.78, 5) is 5.62. The van der Waals surface area contributed by atoms with Gasteiger partial charge in [-0.05, 0) is 36.9 Å². The Balaban J connectivity index is 2.06. The maximum atomic E-state index is 6.02. The van der Waals surface area contributed by atoms with Gasteiger partial charge in [-0.3, -0.25) is 4.98 Å². The molecule has 0 bridgehead atoms. The lowest BCUT2D eigenvalue weighted by Gasteiger charge is -2.15. The molecule has 0 aliphatic carbocycles. The van der Waals surface area contributed by atoms with Gasteiger partial charge in [0.1, 0.15) is 0 Å². The van der Waals surface area contributed by atoms with Crippen LogP contribution < -0.4 is 5.32 Å². The van der Waals surface area contributed by atoms with Gasteiger partial charge in [-0.2, -0.15) is 0 Å². The van der Waals surface area contributed by atoms with E-state index in [1.807, 2.05) is 25.4 Å². The van der Waals surface area contributed by atoms with Crippen LogP contribution >= 0.6 is 22.9 Å². The minimum atomic E-state index is 0.156. The number of benzene rings is 1. The van der Waals surface area contributed by atoms with E-state index in [9.17, 15) is 0 Å². The molecule has 0 radical (unpaired) electrons. The van der Waals surface area contributed by atoms with Crippen molar-refractivity contribution in [1.29, 1.82) is 0 Å². The van der Waals surface area contributed by atoms with Gasteiger partial charge < -0.3 is 5.32 Å². The van der Waals surface area contributed by atoms with Crippen LogP contribution in [0, 0.1) is 0 Å². The number of hydrogen-bond donors (Lipinski definition) is 1. The predicted molar refractivity (Wildman–Crippen MR) is 82.0 cm³/mol. The van der Waals surface area contributed by atoms with E-state index in [0.717, 1.165) is 15.2 Å². The lowest BCUT2D eigenvalue weighted by Crippen LogP contribution is -2.16. The Morgan fingerprint density at radius 2 is 2.11 bits per heavy atom. The summed E-state index contributed by atoms with van der Waals surface area (Å²) in [5.41, 5.74) is 2.22. The first-order valence-corrected chi connectivity index (χ1v) is 7.24. The quantitative estimate of drug-likeness (QED) is 0.779. The Hall–Kier alpha value is -1.42. The topological polar surface area (TPSA) is 24.9 Å². The van der Waals surface area contributed by atoms with E-state index in [4.69, 9.17) is 11.6 Å². The van der Waals surface area contributed by atoms with Crippen molar-refractivity contribution < 1.29 is 0 Å². The number of nitrogens with one attached hydrogen (secondary N) is 1. The van der Waals surface area contributed by atoms with E-state index in [-0.39, 0.29) is 6.04 Å². The first-order valence-electron chi connectivity index (χ1n) is 6.05. The molecule has 3 aromatic rings. The summed E-state index contributed by atoms with van der Waals surface area (Å²) < 4.78 is 0.814. The molecule has 0 amide bonds. The minimum Gasteiger partial charge on any atom is -0.309 e. The highest BCUT2D eigenvalue weighted by molar-refractivity contribution is 7.16. The monoisotopic (exact) mass is 288 g/mol. The molecule has 2 heterocycles. The number of aromatic nitrogens is 1. The summed E-state index contributed by atoms with van der Waals surface area (Å²) >= 11 is 7.63. The molecule has 1 unspecified atom stereocenters. The molecule has 96 valence electrons. The molecule has 19 heavy (non-hydrogen) atoms. The minimum absolute atomic E-state index is 0.156. The fourth-order valence-corrected chi connectivity index (χ4v) is 3.42. The van der Waals surface area contributed by atoms with E-state index < -0.39 is 0 Å². The first kappa shape index (κ1) is 12.6. The number of pyridine rings is 1. The zero-order valence-electron chi connectivity index (χ0n) is 10.4. The second kappa shape index (κ2) is 5.29. The lowest BCUT2D eigenvalue weighted by molar-refractivity contribution is 0.704. The second-order valence-corrected chi connectivity index (χ2v) is 6.07. The van der Waals surface area contributed by atoms with Gasteiger partial charge in [-0.15, -0.1) is 11.3 Å². The van der Waals surface area contributed by atoms with Gasteiger partial charge in [0.2, 0.25) is 0 Å². The molecule has 0 spiro atoms. The molecule has 1 N–H and O–H groups in total. The van der Waals surface area contributed by atoms with E-state index in [1.54, 1.807) is 11.3 Å². The number of rotatable bonds is 3. The summed E-state index contributed by atoms with van der Waals surface area (Å²) in [7, 11) is 1.96. The number of thiophene rings is 1. The van der Waals surface area contributed by atoms with E-state index in [2.05, 4.69) is 40.6 Å². The van der Waals surface area contributed by atoms with Gasteiger partial charge >= 0.3 is 0 Å². The largest absolute Gasteiger partial charge is 0.309 e. The third kappa shape index (κ3) is 2.50. The summed E-state index contributed by atoms with van der Waals surface area (Å²) in [6.07, 6.45) is 1.82. The van der Waals surface area contributed by atoms with Crippen molar-refractivity contribution in [3.63, 3.8) is 0 Å². The van der Waals surface area contributed by atoms with Crippen molar-refractivity contribution in [2.45, 2.75) is 6.04 Å². The van der Waals surface area contributed by atoms with Crippen LogP contribution in [0.5, 0.6) is 0 Å². The van der Waals surface area contributed by atoms with Crippen LogP contribution in [0.1, 0.15) is 16.5 Å². The lowest BCUT2D eigenvalue weighted by atomic mass is 10.0. The molecule has 1 atom stereocenters. The van der Waals surface area contributed by atoms with Gasteiger partial charge in [0.05, 0.1) is 15.9 Å². The van der Waals surface area contributed by atoms with Gasteiger partial charge in [0, 0.05) is 16.5 Å².